The topological polar surface area (TPSA) is 98.6 Å². The summed E-state index contributed by atoms with van der Waals surface area (Å²) >= 11 is 0. The molecule has 0 aliphatic rings. The molecule has 2 rings (SSSR count). The molecule has 0 unspecified atom stereocenters. The van der Waals surface area contributed by atoms with E-state index in [4.69, 9.17) is 5.26 Å². The molecule has 0 bridgehead atoms. The predicted molar refractivity (Wildman–Crippen MR) is 70.0 cm³/mol. The number of H-pyrrole nitrogens is 1. The molecule has 2 N–H and O–H groups in total. The van der Waals surface area contributed by atoms with Gasteiger partial charge in [-0.25, -0.2) is 9.37 Å². The highest BCUT2D eigenvalue weighted by Gasteiger charge is 2.19. The van der Waals surface area contributed by atoms with Crippen LogP contribution in [0.4, 0.5) is 10.1 Å². The van der Waals surface area contributed by atoms with E-state index >= 15 is 0 Å². The van der Waals surface area contributed by atoms with E-state index in [0.29, 0.717) is 5.82 Å². The summed E-state index contributed by atoms with van der Waals surface area (Å²) in [7, 11) is -3.90. The fourth-order valence-corrected chi connectivity index (χ4v) is 2.67. The molecule has 0 aliphatic carbocycles. The van der Waals surface area contributed by atoms with Gasteiger partial charge in [-0.15, -0.1) is 0 Å². The van der Waals surface area contributed by atoms with Crippen LogP contribution in [0, 0.1) is 31.0 Å². The lowest BCUT2D eigenvalue weighted by Crippen LogP contribution is -2.15. The van der Waals surface area contributed by atoms with Gasteiger partial charge in [0.1, 0.15) is 11.6 Å². The summed E-state index contributed by atoms with van der Waals surface area (Å²) in [5, 5.41) is 8.66. The van der Waals surface area contributed by atoms with Crippen molar-refractivity contribution in [2.75, 3.05) is 4.72 Å². The molecule has 0 saturated carbocycles. The minimum atomic E-state index is -3.90. The first-order valence-corrected chi connectivity index (χ1v) is 7.06. The molecule has 0 spiro atoms. The van der Waals surface area contributed by atoms with E-state index in [1.165, 1.54) is 13.0 Å². The normalized spacial score (nSPS) is 11.1. The number of aromatic nitrogens is 2. The van der Waals surface area contributed by atoms with Gasteiger partial charge in [-0.05, 0) is 26.0 Å². The number of aryl methyl sites for hydroxylation is 1. The second kappa shape index (κ2) is 4.94. The van der Waals surface area contributed by atoms with Gasteiger partial charge in [-0.2, -0.15) is 13.7 Å². The van der Waals surface area contributed by atoms with Crippen LogP contribution in [0.15, 0.2) is 23.4 Å². The zero-order valence-corrected chi connectivity index (χ0v) is 11.5. The van der Waals surface area contributed by atoms with Crippen LogP contribution in [0.2, 0.25) is 0 Å². The molecule has 0 radical (unpaired) electrons. The first-order valence-electron chi connectivity index (χ1n) is 5.58. The summed E-state index contributed by atoms with van der Waals surface area (Å²) in [6.45, 7) is 3.03. The number of imidazole rings is 1. The maximum absolute atomic E-state index is 13.6. The smallest absolute Gasteiger partial charge is 0.278 e. The molecule has 0 fully saturated rings. The van der Waals surface area contributed by atoms with E-state index in [9.17, 15) is 12.8 Å². The van der Waals surface area contributed by atoms with Gasteiger partial charge in [0.2, 0.25) is 0 Å². The summed E-state index contributed by atoms with van der Waals surface area (Å²) in [6, 6.07) is 4.10. The summed E-state index contributed by atoms with van der Waals surface area (Å²) in [4.78, 5) is 6.38. The van der Waals surface area contributed by atoms with Gasteiger partial charge in [0.25, 0.3) is 10.0 Å². The first-order chi connectivity index (χ1) is 9.33. The Bertz CT molecular complexity index is 805. The number of benzene rings is 1. The predicted octanol–water partition coefficient (Wildman–Crippen LogP) is 1.84. The van der Waals surface area contributed by atoms with Gasteiger partial charge in [0.05, 0.1) is 23.5 Å². The molecular weight excluding hydrogens is 283 g/mol. The second-order valence-electron chi connectivity index (χ2n) is 4.18. The quantitative estimate of drug-likeness (QED) is 0.902. The van der Waals surface area contributed by atoms with E-state index in [-0.39, 0.29) is 21.8 Å². The fourth-order valence-electron chi connectivity index (χ4n) is 1.58. The summed E-state index contributed by atoms with van der Waals surface area (Å²) in [5.74, 6) is -0.207. The molecule has 2 aromatic rings. The molecule has 6 nitrogen and oxygen atoms in total. The minimum absolute atomic E-state index is 0.0220. The van der Waals surface area contributed by atoms with Crippen molar-refractivity contribution in [2.45, 2.75) is 18.9 Å². The molecule has 1 heterocycles. The van der Waals surface area contributed by atoms with Crippen LogP contribution in [-0.2, 0) is 10.0 Å². The Hall–Kier alpha value is -2.40. The van der Waals surface area contributed by atoms with Crippen LogP contribution in [0.3, 0.4) is 0 Å². The number of aromatic amines is 1. The van der Waals surface area contributed by atoms with Crippen molar-refractivity contribution in [3.63, 3.8) is 0 Å². The van der Waals surface area contributed by atoms with Gasteiger partial charge in [-0.3, -0.25) is 4.72 Å². The van der Waals surface area contributed by atoms with Crippen LogP contribution >= 0.6 is 0 Å². The fraction of sp³-hybridized carbons (Fsp3) is 0.167. The van der Waals surface area contributed by atoms with Crippen LogP contribution < -0.4 is 4.72 Å². The lowest BCUT2D eigenvalue weighted by molar-refractivity contribution is 0.597. The van der Waals surface area contributed by atoms with Crippen molar-refractivity contribution in [1.29, 1.82) is 5.26 Å². The molecule has 104 valence electrons. The van der Waals surface area contributed by atoms with Crippen molar-refractivity contribution in [1.82, 2.24) is 9.97 Å². The van der Waals surface area contributed by atoms with Gasteiger partial charge in [-0.1, -0.05) is 0 Å². The summed E-state index contributed by atoms with van der Waals surface area (Å²) in [5.41, 5.74) is 0.171. The number of rotatable bonds is 3. The molecular formula is C12H11FN4O2S. The van der Waals surface area contributed by atoms with Gasteiger partial charge in [0.15, 0.2) is 5.03 Å². The summed E-state index contributed by atoms with van der Waals surface area (Å²) < 4.78 is 40.0. The largest absolute Gasteiger partial charge is 0.332 e. The maximum Gasteiger partial charge on any atom is 0.278 e. The van der Waals surface area contributed by atoms with Gasteiger partial charge >= 0.3 is 0 Å². The number of sulfonamides is 1. The molecule has 1 aromatic heterocycles. The molecule has 20 heavy (non-hydrogen) atoms. The monoisotopic (exact) mass is 294 g/mol. The van der Waals surface area contributed by atoms with Gasteiger partial charge in [0, 0.05) is 5.56 Å². The molecule has 0 amide bonds. The molecule has 0 aliphatic heterocycles. The number of anilines is 1. The second-order valence-corrected chi connectivity index (χ2v) is 5.83. The Kier molecular flexibility index (Phi) is 3.46. The van der Waals surface area contributed by atoms with Crippen molar-refractivity contribution in [2.24, 2.45) is 0 Å². The Labute approximate surface area is 115 Å². The zero-order chi connectivity index (χ0) is 14.9. The Morgan fingerprint density at radius 3 is 2.65 bits per heavy atom. The highest BCUT2D eigenvalue weighted by atomic mass is 32.2. The van der Waals surface area contributed by atoms with Gasteiger partial charge < -0.3 is 4.98 Å². The van der Waals surface area contributed by atoms with Crippen LogP contribution in [0.1, 0.15) is 17.0 Å². The van der Waals surface area contributed by atoms with Crippen molar-refractivity contribution >= 4 is 15.7 Å². The molecule has 1 aromatic carbocycles. The highest BCUT2D eigenvalue weighted by Crippen LogP contribution is 2.23. The van der Waals surface area contributed by atoms with E-state index in [0.717, 1.165) is 12.3 Å². The molecule has 0 atom stereocenters. The standard InChI is InChI=1S/C12H11FN4O2S/c1-7-10(13)3-9(5-14)4-11(7)17-20(18,19)12-6-15-8(2)16-12/h3-4,6,17H,1-2H3,(H,15,16). The van der Waals surface area contributed by atoms with Crippen molar-refractivity contribution in [3.05, 3.63) is 41.1 Å². The minimum Gasteiger partial charge on any atom is -0.332 e. The number of halogens is 1. The average molecular weight is 294 g/mol. The Morgan fingerprint density at radius 1 is 1.40 bits per heavy atom. The number of hydrogen-bond donors (Lipinski definition) is 2. The highest BCUT2D eigenvalue weighted by molar-refractivity contribution is 7.92. The SMILES string of the molecule is Cc1ncc(S(=O)(=O)Nc2cc(C#N)cc(F)c2C)[nH]1. The molecule has 8 heteroatoms. The first kappa shape index (κ1) is 14.0. The van der Waals surface area contributed by atoms with Crippen LogP contribution in [0.5, 0.6) is 0 Å². The third-order valence-corrected chi connectivity index (χ3v) is 3.96. The molecule has 0 saturated heterocycles. The average Bonchev–Trinajstić information content (AvgIpc) is 2.82. The van der Waals surface area contributed by atoms with E-state index in [1.54, 1.807) is 13.0 Å². The van der Waals surface area contributed by atoms with Crippen LogP contribution in [-0.4, -0.2) is 18.4 Å². The van der Waals surface area contributed by atoms with Crippen molar-refractivity contribution in [3.8, 4) is 6.07 Å². The summed E-state index contributed by atoms with van der Waals surface area (Å²) in [6.07, 6.45) is 1.16. The van der Waals surface area contributed by atoms with E-state index in [1.807, 2.05) is 0 Å². The third-order valence-electron chi connectivity index (χ3n) is 2.69. The lowest BCUT2D eigenvalue weighted by atomic mass is 10.1. The number of nitriles is 1. The Morgan fingerprint density at radius 2 is 2.10 bits per heavy atom. The zero-order valence-electron chi connectivity index (χ0n) is 10.7. The number of nitrogens with one attached hydrogen (secondary N) is 2. The number of hydrogen-bond acceptors (Lipinski definition) is 4. The number of nitrogens with zero attached hydrogens (tertiary/aromatic N) is 2. The van der Waals surface area contributed by atoms with E-state index in [2.05, 4.69) is 14.7 Å². The van der Waals surface area contributed by atoms with E-state index < -0.39 is 15.8 Å². The third kappa shape index (κ3) is 2.62. The lowest BCUT2D eigenvalue weighted by Gasteiger charge is -2.10. The van der Waals surface area contributed by atoms with Crippen LogP contribution in [0.25, 0.3) is 0 Å². The maximum atomic E-state index is 13.6. The van der Waals surface area contributed by atoms with Crippen molar-refractivity contribution < 1.29 is 12.8 Å². The Balaban J connectivity index is 2.45.